The molecule has 0 amide bonds. The van der Waals surface area contributed by atoms with E-state index in [1.165, 1.54) is 0 Å². The van der Waals surface area contributed by atoms with Crippen molar-refractivity contribution in [3.8, 4) is 12.3 Å². The zero-order chi connectivity index (χ0) is 10.1. The molecule has 0 bridgehead atoms. The van der Waals surface area contributed by atoms with Crippen molar-refractivity contribution >= 4 is 7.60 Å². The van der Waals surface area contributed by atoms with E-state index in [0.717, 1.165) is 7.11 Å². The molecule has 0 saturated carbocycles. The molecule has 0 aromatic rings. The highest BCUT2D eigenvalue weighted by Crippen LogP contribution is 2.57. The molecule has 0 spiro atoms. The Hall–Kier alpha value is -0.430. The van der Waals surface area contributed by atoms with E-state index in [2.05, 4.69) is 15.0 Å². The molecule has 0 aliphatic carbocycles. The first-order valence-corrected chi connectivity index (χ1v) is 5.32. The molecule has 1 saturated heterocycles. The predicted molar refractivity (Wildman–Crippen MR) is 42.7 cm³/mol. The van der Waals surface area contributed by atoms with Gasteiger partial charge in [-0.1, -0.05) is 5.92 Å². The Balaban J connectivity index is 2.80. The Morgan fingerprint density at radius 1 is 1.77 bits per heavy atom. The number of halogens is 2. The van der Waals surface area contributed by atoms with Gasteiger partial charge in [0.25, 0.3) is 6.43 Å². The molecule has 74 valence electrons. The van der Waals surface area contributed by atoms with Crippen LogP contribution in [0, 0.1) is 18.3 Å². The zero-order valence-electron chi connectivity index (χ0n) is 6.94. The molecule has 1 rings (SSSR count). The number of alkyl halides is 2. The summed E-state index contributed by atoms with van der Waals surface area (Å²) in [7, 11) is -2.20. The van der Waals surface area contributed by atoms with Gasteiger partial charge in [0.1, 0.15) is 6.10 Å². The van der Waals surface area contributed by atoms with Gasteiger partial charge in [0, 0.05) is 7.11 Å². The minimum absolute atomic E-state index is 0.130. The summed E-state index contributed by atoms with van der Waals surface area (Å²) in [6, 6.07) is 0. The summed E-state index contributed by atoms with van der Waals surface area (Å²) in [5.74, 6) is 1.30. The number of rotatable bonds is 2. The highest BCUT2D eigenvalue weighted by molar-refractivity contribution is 7.54. The van der Waals surface area contributed by atoms with Gasteiger partial charge in [0.05, 0.1) is 12.1 Å². The molecule has 0 radical (unpaired) electrons. The van der Waals surface area contributed by atoms with Crippen molar-refractivity contribution in [3.05, 3.63) is 0 Å². The maximum atomic E-state index is 12.3. The van der Waals surface area contributed by atoms with Crippen LogP contribution in [0.4, 0.5) is 8.78 Å². The van der Waals surface area contributed by atoms with Crippen LogP contribution >= 0.6 is 7.60 Å². The second-order valence-corrected chi connectivity index (χ2v) is 4.82. The first-order valence-electron chi connectivity index (χ1n) is 3.60. The Morgan fingerprint density at radius 2 is 2.38 bits per heavy atom. The van der Waals surface area contributed by atoms with Gasteiger partial charge >= 0.3 is 7.60 Å². The number of hydrogen-bond acceptors (Lipinski definition) is 3. The lowest BCUT2D eigenvalue weighted by Gasteiger charge is -2.11. The summed E-state index contributed by atoms with van der Waals surface area (Å²) in [5, 5.41) is 0. The topological polar surface area (TPSA) is 35.5 Å². The highest BCUT2D eigenvalue weighted by Gasteiger charge is 2.47. The Labute approximate surface area is 74.9 Å². The quantitative estimate of drug-likeness (QED) is 0.514. The third kappa shape index (κ3) is 2.08. The Bertz CT molecular complexity index is 273. The highest BCUT2D eigenvalue weighted by atomic mass is 31.2. The average molecular weight is 210 g/mol. The van der Waals surface area contributed by atoms with Crippen LogP contribution in [0.3, 0.4) is 0 Å². The molecule has 0 aromatic carbocycles. The van der Waals surface area contributed by atoms with Gasteiger partial charge in [0.15, 0.2) is 0 Å². The summed E-state index contributed by atoms with van der Waals surface area (Å²) in [4.78, 5) is 0. The fourth-order valence-electron chi connectivity index (χ4n) is 1.13. The smallest absolute Gasteiger partial charge is 0.312 e. The van der Waals surface area contributed by atoms with Crippen LogP contribution in [-0.2, 0) is 13.6 Å². The molecular weight excluding hydrogens is 201 g/mol. The lowest BCUT2D eigenvalue weighted by Crippen LogP contribution is -2.24. The van der Waals surface area contributed by atoms with Crippen LogP contribution in [0.5, 0.6) is 0 Å². The molecule has 13 heavy (non-hydrogen) atoms. The molecule has 1 aliphatic rings. The summed E-state index contributed by atoms with van der Waals surface area (Å²) in [6.45, 7) is 0. The summed E-state index contributed by atoms with van der Waals surface area (Å²) in [6.07, 6.45) is 0.676. The summed E-state index contributed by atoms with van der Waals surface area (Å²) in [5.41, 5.74) is 0. The molecule has 3 unspecified atom stereocenters. The lowest BCUT2D eigenvalue weighted by atomic mass is 10.1. The molecular formula is C7H9F2O3P. The normalized spacial score (nSPS) is 39.3. The predicted octanol–water partition coefficient (Wildman–Crippen LogP) is 1.74. The molecule has 3 atom stereocenters. The molecule has 1 heterocycles. The van der Waals surface area contributed by atoms with Crippen molar-refractivity contribution in [2.75, 3.05) is 13.3 Å². The minimum Gasteiger partial charge on any atom is -0.312 e. The fraction of sp³-hybridized carbons (Fsp3) is 0.714. The molecule has 6 heteroatoms. The van der Waals surface area contributed by atoms with Crippen LogP contribution in [0.2, 0.25) is 0 Å². The maximum Gasteiger partial charge on any atom is 0.332 e. The third-order valence-corrected chi connectivity index (χ3v) is 3.80. The van der Waals surface area contributed by atoms with E-state index in [-0.39, 0.29) is 6.16 Å². The summed E-state index contributed by atoms with van der Waals surface area (Å²) < 4.78 is 45.0. The van der Waals surface area contributed by atoms with Crippen molar-refractivity contribution in [3.63, 3.8) is 0 Å². The summed E-state index contributed by atoms with van der Waals surface area (Å²) >= 11 is 0. The van der Waals surface area contributed by atoms with Gasteiger partial charge in [0.2, 0.25) is 0 Å². The van der Waals surface area contributed by atoms with Crippen molar-refractivity contribution in [2.45, 2.75) is 12.5 Å². The molecule has 0 N–H and O–H groups in total. The van der Waals surface area contributed by atoms with E-state index in [1.807, 2.05) is 0 Å². The third-order valence-electron chi connectivity index (χ3n) is 1.84. The van der Waals surface area contributed by atoms with E-state index in [1.54, 1.807) is 0 Å². The van der Waals surface area contributed by atoms with Gasteiger partial charge in [-0.3, -0.25) is 9.09 Å². The van der Waals surface area contributed by atoms with E-state index < -0.39 is 26.0 Å². The maximum absolute atomic E-state index is 12.3. The van der Waals surface area contributed by atoms with Crippen molar-refractivity contribution in [1.82, 2.24) is 0 Å². The molecule has 1 aliphatic heterocycles. The molecule has 0 aromatic heterocycles. The lowest BCUT2D eigenvalue weighted by molar-refractivity contribution is 0.00517. The average Bonchev–Trinajstić information content (AvgIpc) is 2.44. The Morgan fingerprint density at radius 3 is 2.69 bits per heavy atom. The van der Waals surface area contributed by atoms with Crippen LogP contribution in [0.1, 0.15) is 0 Å². The van der Waals surface area contributed by atoms with Crippen molar-refractivity contribution in [1.29, 1.82) is 0 Å². The largest absolute Gasteiger partial charge is 0.332 e. The van der Waals surface area contributed by atoms with Gasteiger partial charge in [-0.15, -0.1) is 6.42 Å². The van der Waals surface area contributed by atoms with Crippen LogP contribution in [0.25, 0.3) is 0 Å². The van der Waals surface area contributed by atoms with Crippen molar-refractivity contribution in [2.24, 2.45) is 5.92 Å². The second kappa shape index (κ2) is 3.75. The van der Waals surface area contributed by atoms with E-state index in [4.69, 9.17) is 6.42 Å². The SMILES string of the molecule is C#CC1CP(=O)(OC)OC1C(F)F. The Kier molecular flexibility index (Phi) is 3.07. The van der Waals surface area contributed by atoms with Crippen molar-refractivity contribution < 1.29 is 22.4 Å². The van der Waals surface area contributed by atoms with Gasteiger partial charge < -0.3 is 4.52 Å². The number of terminal acetylenes is 1. The molecule has 1 fully saturated rings. The number of hydrogen-bond donors (Lipinski definition) is 0. The van der Waals surface area contributed by atoms with Crippen LogP contribution < -0.4 is 0 Å². The second-order valence-electron chi connectivity index (χ2n) is 2.65. The zero-order valence-corrected chi connectivity index (χ0v) is 7.84. The standard InChI is InChI=1S/C7H9F2O3P/c1-3-5-4-13(10,11-2)12-6(5)7(8)9/h1,5-7H,4H2,2H3. The first kappa shape index (κ1) is 10.6. The first-order chi connectivity index (χ1) is 6.02. The van der Waals surface area contributed by atoms with Gasteiger partial charge in [-0.2, -0.15) is 0 Å². The fourth-order valence-corrected chi connectivity index (χ4v) is 2.86. The van der Waals surface area contributed by atoms with E-state index in [0.29, 0.717) is 0 Å². The molecule has 3 nitrogen and oxygen atoms in total. The van der Waals surface area contributed by atoms with Crippen LogP contribution in [-0.4, -0.2) is 25.8 Å². The van der Waals surface area contributed by atoms with Gasteiger partial charge in [-0.25, -0.2) is 8.78 Å². The van der Waals surface area contributed by atoms with E-state index >= 15 is 0 Å². The minimum atomic E-state index is -3.36. The van der Waals surface area contributed by atoms with Crippen LogP contribution in [0.15, 0.2) is 0 Å². The van der Waals surface area contributed by atoms with E-state index in [9.17, 15) is 13.3 Å². The monoisotopic (exact) mass is 210 g/mol. The van der Waals surface area contributed by atoms with Gasteiger partial charge in [-0.05, 0) is 0 Å².